The van der Waals surface area contributed by atoms with Gasteiger partial charge in [0, 0.05) is 24.3 Å². The van der Waals surface area contributed by atoms with E-state index in [9.17, 15) is 31.1 Å². The lowest BCUT2D eigenvalue weighted by Crippen LogP contribution is -2.22. The van der Waals surface area contributed by atoms with Crippen LogP contribution in [0, 0.1) is 0 Å². The van der Waals surface area contributed by atoms with E-state index in [0.717, 1.165) is 18.3 Å². The van der Waals surface area contributed by atoms with E-state index in [2.05, 4.69) is 4.98 Å². The Morgan fingerprint density at radius 3 is 2.42 bits per heavy atom. The monoisotopic (exact) mass is 372 g/mol. The van der Waals surface area contributed by atoms with Crippen LogP contribution in [0.15, 0.2) is 48.8 Å². The van der Waals surface area contributed by atoms with Gasteiger partial charge in [0.25, 0.3) is 5.78 Å². The molecule has 0 aliphatic carbocycles. The zero-order chi connectivity index (χ0) is 19.1. The van der Waals surface area contributed by atoms with Gasteiger partial charge in [-0.2, -0.15) is 26.3 Å². The van der Waals surface area contributed by atoms with Crippen molar-refractivity contribution in [1.82, 2.24) is 9.55 Å². The molecule has 26 heavy (non-hydrogen) atoms. The predicted molar refractivity (Wildman–Crippen MR) is 80.7 cm³/mol. The maximum atomic E-state index is 12.8. The molecule has 0 saturated heterocycles. The summed E-state index contributed by atoms with van der Waals surface area (Å²) in [6, 6.07) is 7.11. The van der Waals surface area contributed by atoms with Gasteiger partial charge in [-0.05, 0) is 29.8 Å². The van der Waals surface area contributed by atoms with Crippen LogP contribution in [0.5, 0.6) is 0 Å². The van der Waals surface area contributed by atoms with E-state index < -0.39 is 29.3 Å². The van der Waals surface area contributed by atoms with Crippen LogP contribution in [-0.4, -0.2) is 21.5 Å². The van der Waals surface area contributed by atoms with Crippen molar-refractivity contribution in [2.24, 2.45) is 0 Å². The summed E-state index contributed by atoms with van der Waals surface area (Å²) in [5, 5.41) is -0.0122. The van der Waals surface area contributed by atoms with Crippen molar-refractivity contribution in [3.63, 3.8) is 0 Å². The first-order valence-electron chi connectivity index (χ1n) is 7.29. The molecule has 1 aromatic carbocycles. The van der Waals surface area contributed by atoms with Crippen molar-refractivity contribution in [2.75, 3.05) is 0 Å². The highest BCUT2D eigenvalue weighted by atomic mass is 19.4. The van der Waals surface area contributed by atoms with Crippen LogP contribution in [0.2, 0.25) is 0 Å². The van der Waals surface area contributed by atoms with Crippen LogP contribution < -0.4 is 0 Å². The van der Waals surface area contributed by atoms with Crippen molar-refractivity contribution >= 4 is 16.8 Å². The van der Waals surface area contributed by atoms with Gasteiger partial charge in [0.2, 0.25) is 0 Å². The van der Waals surface area contributed by atoms with Crippen LogP contribution in [-0.2, 0) is 12.7 Å². The normalized spacial score (nSPS) is 12.5. The Hall–Kier alpha value is -2.84. The summed E-state index contributed by atoms with van der Waals surface area (Å²) in [6.07, 6.45) is -7.31. The van der Waals surface area contributed by atoms with Gasteiger partial charge in [-0.1, -0.05) is 12.1 Å². The largest absolute Gasteiger partial charge is 0.454 e. The number of fused-ring (bicyclic) bond motifs is 1. The maximum absolute atomic E-state index is 12.8. The first kappa shape index (κ1) is 18.0. The Morgan fingerprint density at radius 2 is 1.77 bits per heavy atom. The summed E-state index contributed by atoms with van der Waals surface area (Å²) in [6.45, 7) is -0.164. The van der Waals surface area contributed by atoms with Gasteiger partial charge in [-0.15, -0.1) is 0 Å². The molecular formula is C17H10F6N2O. The molecule has 3 aromatic rings. The number of halogens is 6. The number of alkyl halides is 6. The zero-order valence-corrected chi connectivity index (χ0v) is 12.9. The molecule has 136 valence electrons. The van der Waals surface area contributed by atoms with Crippen molar-refractivity contribution < 1.29 is 31.1 Å². The molecule has 0 unspecified atom stereocenters. The third-order valence-corrected chi connectivity index (χ3v) is 3.74. The van der Waals surface area contributed by atoms with Crippen molar-refractivity contribution in [1.29, 1.82) is 0 Å². The van der Waals surface area contributed by atoms with Crippen molar-refractivity contribution in [3.05, 3.63) is 65.5 Å². The standard InChI is InChI=1S/C17H10F6N2O/c18-16(19,20)11-4-1-3-10(7-11)8-25-9-13(14(26)17(21,22)23)12-5-2-6-24-15(12)25/h1-7,9H,8H2. The molecule has 0 bridgehead atoms. The molecule has 3 nitrogen and oxygen atoms in total. The average Bonchev–Trinajstić information content (AvgIpc) is 2.91. The number of benzene rings is 1. The molecule has 0 aliphatic rings. The zero-order valence-electron chi connectivity index (χ0n) is 12.9. The van der Waals surface area contributed by atoms with E-state index >= 15 is 0 Å². The van der Waals surface area contributed by atoms with Gasteiger partial charge in [-0.3, -0.25) is 4.79 Å². The van der Waals surface area contributed by atoms with E-state index in [-0.39, 0.29) is 23.1 Å². The Morgan fingerprint density at radius 1 is 1.04 bits per heavy atom. The molecule has 0 N–H and O–H groups in total. The van der Waals surface area contributed by atoms with E-state index in [1.54, 1.807) is 0 Å². The van der Waals surface area contributed by atoms with Crippen LogP contribution >= 0.6 is 0 Å². The van der Waals surface area contributed by atoms with E-state index in [4.69, 9.17) is 0 Å². The number of Topliss-reactive ketones (excluding diaryl/α,β-unsaturated/α-hetero) is 1. The summed E-state index contributed by atoms with van der Waals surface area (Å²) in [5.41, 5.74) is -1.16. The molecule has 0 fully saturated rings. The third-order valence-electron chi connectivity index (χ3n) is 3.74. The molecule has 0 atom stereocenters. The number of hydrogen-bond donors (Lipinski definition) is 0. The number of rotatable bonds is 3. The quantitative estimate of drug-likeness (QED) is 0.487. The highest BCUT2D eigenvalue weighted by molar-refractivity contribution is 6.10. The number of pyridine rings is 1. The molecule has 0 radical (unpaired) electrons. The van der Waals surface area contributed by atoms with Crippen molar-refractivity contribution in [3.8, 4) is 0 Å². The average molecular weight is 372 g/mol. The minimum atomic E-state index is -5.06. The lowest BCUT2D eigenvalue weighted by atomic mass is 10.1. The number of ketones is 1. The predicted octanol–water partition coefficient (Wildman–Crippen LogP) is 4.85. The highest BCUT2D eigenvalue weighted by Gasteiger charge is 2.41. The molecule has 0 spiro atoms. The van der Waals surface area contributed by atoms with E-state index in [0.29, 0.717) is 0 Å². The first-order valence-corrected chi connectivity index (χ1v) is 7.29. The Bertz CT molecular complexity index is 971. The summed E-state index contributed by atoms with van der Waals surface area (Å²) in [4.78, 5) is 15.6. The number of carbonyl (C=O) groups is 1. The van der Waals surface area contributed by atoms with Crippen LogP contribution in [0.1, 0.15) is 21.5 Å². The molecule has 2 aromatic heterocycles. The lowest BCUT2D eigenvalue weighted by molar-refractivity contribution is -0.137. The summed E-state index contributed by atoms with van der Waals surface area (Å²) >= 11 is 0. The third kappa shape index (κ3) is 3.42. The van der Waals surface area contributed by atoms with Gasteiger partial charge < -0.3 is 4.57 Å². The molecule has 3 rings (SSSR count). The van der Waals surface area contributed by atoms with Crippen LogP contribution in [0.25, 0.3) is 11.0 Å². The fraction of sp³-hybridized carbons (Fsp3) is 0.176. The summed E-state index contributed by atoms with van der Waals surface area (Å²) in [5.74, 6) is -2.03. The fourth-order valence-electron chi connectivity index (χ4n) is 2.62. The van der Waals surface area contributed by atoms with Gasteiger partial charge in [0.15, 0.2) is 0 Å². The number of aromatic nitrogens is 2. The molecular weight excluding hydrogens is 362 g/mol. The SMILES string of the molecule is O=C(c1cn(Cc2cccc(C(F)(F)F)c2)c2ncccc12)C(F)(F)F. The van der Waals surface area contributed by atoms with Crippen LogP contribution in [0.3, 0.4) is 0 Å². The van der Waals surface area contributed by atoms with Crippen molar-refractivity contribution in [2.45, 2.75) is 18.9 Å². The van der Waals surface area contributed by atoms with Gasteiger partial charge in [0.05, 0.1) is 11.1 Å². The Balaban J connectivity index is 2.06. The second-order valence-corrected chi connectivity index (χ2v) is 5.57. The molecule has 2 heterocycles. The summed E-state index contributed by atoms with van der Waals surface area (Å²) in [7, 11) is 0. The second kappa shape index (κ2) is 6.15. The minimum absolute atomic E-state index is 0.0122. The highest BCUT2D eigenvalue weighted by Crippen LogP contribution is 2.31. The van der Waals surface area contributed by atoms with Gasteiger partial charge in [-0.25, -0.2) is 4.98 Å². The fourth-order valence-corrected chi connectivity index (χ4v) is 2.62. The topological polar surface area (TPSA) is 34.9 Å². The Kier molecular flexibility index (Phi) is 4.25. The van der Waals surface area contributed by atoms with E-state index in [1.807, 2.05) is 0 Å². The molecule has 0 saturated carbocycles. The van der Waals surface area contributed by atoms with Gasteiger partial charge >= 0.3 is 12.4 Å². The smallest absolute Gasteiger partial charge is 0.327 e. The molecule has 0 amide bonds. The van der Waals surface area contributed by atoms with Crippen LogP contribution in [0.4, 0.5) is 26.3 Å². The minimum Gasteiger partial charge on any atom is -0.327 e. The number of nitrogens with zero attached hydrogens (tertiary/aromatic N) is 2. The second-order valence-electron chi connectivity index (χ2n) is 5.57. The van der Waals surface area contributed by atoms with Gasteiger partial charge in [0.1, 0.15) is 5.65 Å². The first-order chi connectivity index (χ1) is 12.1. The Labute approximate surface area is 142 Å². The van der Waals surface area contributed by atoms with E-state index in [1.165, 1.54) is 35.0 Å². The molecule has 0 aliphatic heterocycles. The maximum Gasteiger partial charge on any atom is 0.454 e. The number of carbonyl (C=O) groups excluding carboxylic acids is 1. The number of hydrogen-bond acceptors (Lipinski definition) is 2. The lowest BCUT2D eigenvalue weighted by Gasteiger charge is -2.09. The summed E-state index contributed by atoms with van der Waals surface area (Å²) < 4.78 is 78.0. The molecule has 9 heteroatoms.